The van der Waals surface area contributed by atoms with Gasteiger partial charge in [0.05, 0.1) is 18.8 Å². The smallest absolute Gasteiger partial charge is 0.233 e. The van der Waals surface area contributed by atoms with E-state index < -0.39 is 0 Å². The molecule has 19 heavy (non-hydrogen) atoms. The molecule has 0 radical (unpaired) electrons. The highest BCUT2D eigenvalue weighted by atomic mass is 16.5. The summed E-state index contributed by atoms with van der Waals surface area (Å²) in [5.74, 6) is 6.51. The van der Waals surface area contributed by atoms with Gasteiger partial charge in [-0.25, -0.2) is 4.98 Å². The van der Waals surface area contributed by atoms with Gasteiger partial charge in [-0.1, -0.05) is 0 Å². The fourth-order valence-corrected chi connectivity index (χ4v) is 1.73. The molecule has 2 heterocycles. The molecule has 7 heteroatoms. The Morgan fingerprint density at radius 3 is 2.74 bits per heavy atom. The van der Waals surface area contributed by atoms with E-state index in [2.05, 4.69) is 20.6 Å². The van der Waals surface area contributed by atoms with Crippen LogP contribution in [-0.4, -0.2) is 22.3 Å². The SMILES string of the molecule is COc1ccc(C(Cc2ccnc(N)c2)NN)nn1. The largest absolute Gasteiger partial charge is 0.480 e. The summed E-state index contributed by atoms with van der Waals surface area (Å²) in [4.78, 5) is 3.95. The van der Waals surface area contributed by atoms with Crippen molar-refractivity contribution in [1.82, 2.24) is 20.6 Å². The topological polar surface area (TPSA) is 112 Å². The van der Waals surface area contributed by atoms with Crippen LogP contribution in [-0.2, 0) is 6.42 Å². The Balaban J connectivity index is 2.15. The van der Waals surface area contributed by atoms with E-state index in [1.54, 1.807) is 25.4 Å². The molecule has 2 aromatic heterocycles. The zero-order chi connectivity index (χ0) is 13.7. The molecule has 0 amide bonds. The Morgan fingerprint density at radius 2 is 2.16 bits per heavy atom. The second kappa shape index (κ2) is 6.07. The van der Waals surface area contributed by atoms with Crippen LogP contribution in [0, 0.1) is 0 Å². The number of pyridine rings is 1. The first kappa shape index (κ1) is 13.2. The molecule has 100 valence electrons. The first-order valence-electron chi connectivity index (χ1n) is 5.77. The lowest BCUT2D eigenvalue weighted by Crippen LogP contribution is -2.30. The summed E-state index contributed by atoms with van der Waals surface area (Å²) >= 11 is 0. The Morgan fingerprint density at radius 1 is 1.32 bits per heavy atom. The van der Waals surface area contributed by atoms with Gasteiger partial charge in [0.15, 0.2) is 0 Å². The third-order valence-electron chi connectivity index (χ3n) is 2.71. The van der Waals surface area contributed by atoms with Crippen LogP contribution in [0.2, 0.25) is 0 Å². The molecule has 0 saturated heterocycles. The van der Waals surface area contributed by atoms with Crippen LogP contribution in [0.4, 0.5) is 5.82 Å². The number of nitrogen functional groups attached to an aromatic ring is 1. The Hall–Kier alpha value is -2.25. The van der Waals surface area contributed by atoms with Gasteiger partial charge >= 0.3 is 0 Å². The number of anilines is 1. The second-order valence-electron chi connectivity index (χ2n) is 4.01. The van der Waals surface area contributed by atoms with Crippen molar-refractivity contribution in [3.63, 3.8) is 0 Å². The second-order valence-corrected chi connectivity index (χ2v) is 4.01. The van der Waals surface area contributed by atoms with Gasteiger partial charge in [0.2, 0.25) is 5.88 Å². The fraction of sp³-hybridized carbons (Fsp3) is 0.250. The normalized spacial score (nSPS) is 12.1. The van der Waals surface area contributed by atoms with Gasteiger partial charge in [0.25, 0.3) is 0 Å². The van der Waals surface area contributed by atoms with Crippen LogP contribution < -0.4 is 21.7 Å². The number of rotatable bonds is 5. The van der Waals surface area contributed by atoms with E-state index >= 15 is 0 Å². The molecular weight excluding hydrogens is 244 g/mol. The Bertz CT molecular complexity index is 530. The molecule has 2 aromatic rings. The van der Waals surface area contributed by atoms with Gasteiger partial charge in [-0.2, -0.15) is 5.10 Å². The summed E-state index contributed by atoms with van der Waals surface area (Å²) < 4.78 is 4.97. The minimum atomic E-state index is -0.153. The van der Waals surface area contributed by atoms with Crippen molar-refractivity contribution in [3.8, 4) is 5.88 Å². The van der Waals surface area contributed by atoms with Crippen LogP contribution in [0.1, 0.15) is 17.3 Å². The molecular formula is C12H16N6O. The predicted molar refractivity (Wildman–Crippen MR) is 71.0 cm³/mol. The maximum atomic E-state index is 5.65. The van der Waals surface area contributed by atoms with Crippen LogP contribution in [0.3, 0.4) is 0 Å². The number of ether oxygens (including phenoxy) is 1. The van der Waals surface area contributed by atoms with E-state index in [0.29, 0.717) is 18.1 Å². The van der Waals surface area contributed by atoms with E-state index in [4.69, 9.17) is 16.3 Å². The van der Waals surface area contributed by atoms with Crippen molar-refractivity contribution in [2.24, 2.45) is 5.84 Å². The van der Waals surface area contributed by atoms with Gasteiger partial charge in [0.1, 0.15) is 5.82 Å². The highest BCUT2D eigenvalue weighted by molar-refractivity contribution is 5.32. The van der Waals surface area contributed by atoms with Crippen LogP contribution >= 0.6 is 0 Å². The van der Waals surface area contributed by atoms with Crippen molar-refractivity contribution in [3.05, 3.63) is 41.7 Å². The van der Waals surface area contributed by atoms with E-state index in [1.165, 1.54) is 0 Å². The minimum Gasteiger partial charge on any atom is -0.480 e. The number of nitrogens with two attached hydrogens (primary N) is 2. The standard InChI is InChI=1S/C12H16N6O/c1-19-12-3-2-9(17-18-12)10(16-14)6-8-4-5-15-11(13)7-8/h2-5,7,10,16H,6,14H2,1H3,(H2,13,15). The van der Waals surface area contributed by atoms with Crippen LogP contribution in [0.25, 0.3) is 0 Å². The summed E-state index contributed by atoms with van der Waals surface area (Å²) in [6, 6.07) is 7.10. The summed E-state index contributed by atoms with van der Waals surface area (Å²) in [6.07, 6.45) is 2.31. The molecule has 0 aromatic carbocycles. The number of aromatic nitrogens is 3. The van der Waals surface area contributed by atoms with Crippen molar-refractivity contribution in [2.45, 2.75) is 12.5 Å². The number of nitrogens with one attached hydrogen (secondary N) is 1. The molecule has 2 rings (SSSR count). The maximum absolute atomic E-state index is 5.65. The zero-order valence-corrected chi connectivity index (χ0v) is 10.6. The monoisotopic (exact) mass is 260 g/mol. The number of hydrogen-bond donors (Lipinski definition) is 3. The third-order valence-corrected chi connectivity index (χ3v) is 2.71. The first-order chi connectivity index (χ1) is 9.22. The molecule has 0 aliphatic carbocycles. The lowest BCUT2D eigenvalue weighted by molar-refractivity contribution is 0.389. The number of hydrazine groups is 1. The molecule has 1 atom stereocenters. The van der Waals surface area contributed by atoms with Crippen molar-refractivity contribution >= 4 is 5.82 Å². The van der Waals surface area contributed by atoms with E-state index in [-0.39, 0.29) is 6.04 Å². The molecule has 7 nitrogen and oxygen atoms in total. The average Bonchev–Trinajstić information content (AvgIpc) is 2.45. The lowest BCUT2D eigenvalue weighted by atomic mass is 10.0. The molecule has 0 saturated carbocycles. The van der Waals surface area contributed by atoms with Gasteiger partial charge in [-0.05, 0) is 30.2 Å². The van der Waals surface area contributed by atoms with Gasteiger partial charge in [-0.15, -0.1) is 5.10 Å². The molecule has 0 spiro atoms. The van der Waals surface area contributed by atoms with E-state index in [1.807, 2.05) is 12.1 Å². The van der Waals surface area contributed by atoms with Crippen LogP contribution in [0.5, 0.6) is 5.88 Å². The Labute approximate surface area is 111 Å². The predicted octanol–water partition coefficient (Wildman–Crippen LogP) is 0.209. The molecule has 0 aliphatic heterocycles. The molecule has 5 N–H and O–H groups in total. The molecule has 0 fully saturated rings. The van der Waals surface area contributed by atoms with Crippen molar-refractivity contribution in [2.75, 3.05) is 12.8 Å². The van der Waals surface area contributed by atoms with Crippen molar-refractivity contribution in [1.29, 1.82) is 0 Å². The first-order valence-corrected chi connectivity index (χ1v) is 5.77. The van der Waals surface area contributed by atoms with Gasteiger partial charge in [-0.3, -0.25) is 11.3 Å². The molecule has 1 unspecified atom stereocenters. The fourth-order valence-electron chi connectivity index (χ4n) is 1.73. The van der Waals surface area contributed by atoms with E-state index in [9.17, 15) is 0 Å². The summed E-state index contributed by atoms with van der Waals surface area (Å²) in [7, 11) is 1.54. The number of methoxy groups -OCH3 is 1. The van der Waals surface area contributed by atoms with Crippen LogP contribution in [0.15, 0.2) is 30.5 Å². The maximum Gasteiger partial charge on any atom is 0.233 e. The summed E-state index contributed by atoms with van der Waals surface area (Å²) in [5, 5.41) is 8.00. The zero-order valence-electron chi connectivity index (χ0n) is 10.6. The highest BCUT2D eigenvalue weighted by Crippen LogP contribution is 2.17. The Kier molecular flexibility index (Phi) is 4.22. The number of hydrogen-bond acceptors (Lipinski definition) is 7. The summed E-state index contributed by atoms with van der Waals surface area (Å²) in [6.45, 7) is 0. The molecule has 0 bridgehead atoms. The minimum absolute atomic E-state index is 0.153. The quantitative estimate of drug-likeness (QED) is 0.520. The average molecular weight is 260 g/mol. The number of nitrogens with zero attached hydrogens (tertiary/aromatic N) is 3. The van der Waals surface area contributed by atoms with E-state index in [0.717, 1.165) is 11.3 Å². The van der Waals surface area contributed by atoms with Gasteiger partial charge in [0, 0.05) is 12.3 Å². The summed E-state index contributed by atoms with van der Waals surface area (Å²) in [5.41, 5.74) is 10.1. The van der Waals surface area contributed by atoms with Gasteiger partial charge < -0.3 is 10.5 Å². The molecule has 0 aliphatic rings. The van der Waals surface area contributed by atoms with Crippen molar-refractivity contribution < 1.29 is 4.74 Å². The third kappa shape index (κ3) is 3.36. The highest BCUT2D eigenvalue weighted by Gasteiger charge is 2.13. The lowest BCUT2D eigenvalue weighted by Gasteiger charge is -2.15.